The van der Waals surface area contributed by atoms with Gasteiger partial charge in [-0.25, -0.2) is 4.98 Å². The van der Waals surface area contributed by atoms with Crippen LogP contribution < -0.4 is 10.6 Å². The smallest absolute Gasteiger partial charge is 0.251 e. The van der Waals surface area contributed by atoms with Crippen LogP contribution >= 0.6 is 11.3 Å². The zero-order chi connectivity index (χ0) is 21.7. The molecule has 1 aliphatic carbocycles. The first-order valence-electron chi connectivity index (χ1n) is 10.9. The molecule has 2 N–H and O–H groups in total. The highest BCUT2D eigenvalue weighted by Crippen LogP contribution is 2.27. The lowest BCUT2D eigenvalue weighted by Gasteiger charge is -2.19. The van der Waals surface area contributed by atoms with Gasteiger partial charge in [-0.15, -0.1) is 11.3 Å². The second-order valence-corrected chi connectivity index (χ2v) is 10.3. The minimum Gasteiger partial charge on any atom is -0.354 e. The monoisotopic (exact) mass is 427 g/mol. The van der Waals surface area contributed by atoms with E-state index in [0.717, 1.165) is 19.3 Å². The number of fused-ring (bicyclic) bond motifs is 1. The van der Waals surface area contributed by atoms with Gasteiger partial charge in [0.2, 0.25) is 5.91 Å². The molecule has 1 aromatic carbocycles. The van der Waals surface area contributed by atoms with Gasteiger partial charge in [0.25, 0.3) is 5.91 Å². The van der Waals surface area contributed by atoms with Gasteiger partial charge in [-0.1, -0.05) is 32.9 Å². The van der Waals surface area contributed by atoms with Crippen LogP contribution in [0, 0.1) is 0 Å². The van der Waals surface area contributed by atoms with Crippen LogP contribution in [0.4, 0.5) is 0 Å². The number of nitrogens with zero attached hydrogens (tertiary/aromatic N) is 1. The molecular formula is C24H33N3O2S. The van der Waals surface area contributed by atoms with Crippen molar-refractivity contribution in [2.24, 2.45) is 0 Å². The first kappa shape index (κ1) is 22.5. The largest absolute Gasteiger partial charge is 0.354 e. The summed E-state index contributed by atoms with van der Waals surface area (Å²) >= 11 is 1.83. The Balaban J connectivity index is 1.40. The van der Waals surface area contributed by atoms with Crippen LogP contribution in [0.5, 0.6) is 0 Å². The van der Waals surface area contributed by atoms with Crippen LogP contribution in [0.25, 0.3) is 0 Å². The standard InChI is InChI=1S/C24H33N3O2S/c1-16(26-23(29)17-11-13-18(14-12-17)24(2,3)4)22(28)25-15-7-10-21-27-19-8-5-6-9-20(19)30-21/h11-14,16H,5-10,15H2,1-4H3,(H,25,28)(H,26,29). The Morgan fingerprint density at radius 3 is 2.50 bits per heavy atom. The summed E-state index contributed by atoms with van der Waals surface area (Å²) in [5, 5.41) is 6.88. The normalized spacial score (nSPS) is 14.7. The predicted molar refractivity (Wildman–Crippen MR) is 122 cm³/mol. The van der Waals surface area contributed by atoms with Gasteiger partial charge in [0.05, 0.1) is 10.7 Å². The molecular weight excluding hydrogens is 394 g/mol. The molecule has 0 spiro atoms. The molecule has 1 aliphatic rings. The molecule has 162 valence electrons. The van der Waals surface area contributed by atoms with Crippen LogP contribution in [-0.2, 0) is 29.5 Å². The Labute approximate surface area is 183 Å². The van der Waals surface area contributed by atoms with Crippen molar-refractivity contribution in [1.29, 1.82) is 0 Å². The van der Waals surface area contributed by atoms with Crippen molar-refractivity contribution < 1.29 is 9.59 Å². The van der Waals surface area contributed by atoms with Crippen molar-refractivity contribution in [3.63, 3.8) is 0 Å². The summed E-state index contributed by atoms with van der Waals surface area (Å²) < 4.78 is 0. The minimum absolute atomic E-state index is 0.0418. The molecule has 5 nitrogen and oxygen atoms in total. The van der Waals surface area contributed by atoms with Gasteiger partial charge in [0.1, 0.15) is 6.04 Å². The Hall–Kier alpha value is -2.21. The Kier molecular flexibility index (Phi) is 7.29. The van der Waals surface area contributed by atoms with Gasteiger partial charge < -0.3 is 10.6 Å². The highest BCUT2D eigenvalue weighted by atomic mass is 32.1. The van der Waals surface area contributed by atoms with Gasteiger partial charge in [-0.3, -0.25) is 9.59 Å². The number of hydrogen-bond acceptors (Lipinski definition) is 4. The van der Waals surface area contributed by atoms with Gasteiger partial charge in [0, 0.05) is 23.4 Å². The van der Waals surface area contributed by atoms with E-state index >= 15 is 0 Å². The van der Waals surface area contributed by atoms with Crippen molar-refractivity contribution in [3.05, 3.63) is 51.0 Å². The van der Waals surface area contributed by atoms with Gasteiger partial charge in [0.15, 0.2) is 0 Å². The first-order chi connectivity index (χ1) is 14.2. The van der Waals surface area contributed by atoms with Gasteiger partial charge >= 0.3 is 0 Å². The fraction of sp³-hybridized carbons (Fsp3) is 0.542. The van der Waals surface area contributed by atoms with E-state index in [1.54, 1.807) is 6.92 Å². The molecule has 0 bridgehead atoms. The lowest BCUT2D eigenvalue weighted by Crippen LogP contribution is -2.45. The van der Waals surface area contributed by atoms with E-state index in [4.69, 9.17) is 4.98 Å². The third-order valence-corrected chi connectivity index (χ3v) is 6.73. The Morgan fingerprint density at radius 2 is 1.83 bits per heavy atom. The summed E-state index contributed by atoms with van der Waals surface area (Å²) in [6.07, 6.45) is 6.54. The van der Waals surface area contributed by atoms with E-state index in [-0.39, 0.29) is 17.2 Å². The fourth-order valence-corrected chi connectivity index (χ4v) is 4.78. The average Bonchev–Trinajstić information content (AvgIpc) is 3.13. The molecule has 2 aromatic rings. The molecule has 1 heterocycles. The van der Waals surface area contributed by atoms with Gasteiger partial charge in [-0.05, 0) is 62.1 Å². The predicted octanol–water partition coefficient (Wildman–Crippen LogP) is 4.19. The topological polar surface area (TPSA) is 71.1 Å². The van der Waals surface area contributed by atoms with E-state index < -0.39 is 6.04 Å². The summed E-state index contributed by atoms with van der Waals surface area (Å²) in [4.78, 5) is 31.0. The molecule has 6 heteroatoms. The molecule has 1 unspecified atom stereocenters. The quantitative estimate of drug-likeness (QED) is 0.651. The first-order valence-corrected chi connectivity index (χ1v) is 11.7. The molecule has 3 rings (SSSR count). The number of carbonyl (C=O) groups is 2. The molecule has 0 fully saturated rings. The summed E-state index contributed by atoms with van der Waals surface area (Å²) in [5.41, 5.74) is 3.07. The Bertz CT molecular complexity index is 857. The molecule has 2 amide bonds. The molecule has 0 saturated carbocycles. The maximum atomic E-state index is 12.4. The van der Waals surface area contributed by atoms with Crippen molar-refractivity contribution >= 4 is 23.2 Å². The zero-order valence-electron chi connectivity index (χ0n) is 18.5. The molecule has 1 atom stereocenters. The zero-order valence-corrected chi connectivity index (χ0v) is 19.3. The third kappa shape index (κ3) is 5.91. The highest BCUT2D eigenvalue weighted by molar-refractivity contribution is 7.11. The molecule has 0 radical (unpaired) electrons. The summed E-state index contributed by atoms with van der Waals surface area (Å²) in [6, 6.07) is 6.99. The highest BCUT2D eigenvalue weighted by Gasteiger charge is 2.18. The number of benzene rings is 1. The lowest BCUT2D eigenvalue weighted by atomic mass is 9.86. The van der Waals surface area contributed by atoms with Crippen molar-refractivity contribution in [1.82, 2.24) is 15.6 Å². The number of aryl methyl sites for hydroxylation is 3. The number of hydrogen-bond donors (Lipinski definition) is 2. The number of thiazole rings is 1. The average molecular weight is 428 g/mol. The molecule has 1 aromatic heterocycles. The van der Waals surface area contributed by atoms with Crippen molar-refractivity contribution in [3.8, 4) is 0 Å². The van der Waals surface area contributed by atoms with Crippen molar-refractivity contribution in [2.75, 3.05) is 6.54 Å². The summed E-state index contributed by atoms with van der Waals surface area (Å²) in [6.45, 7) is 8.71. The number of rotatable bonds is 7. The van der Waals surface area contributed by atoms with E-state index in [2.05, 4.69) is 31.4 Å². The van der Waals surface area contributed by atoms with E-state index in [9.17, 15) is 9.59 Å². The fourth-order valence-electron chi connectivity index (χ4n) is 3.58. The molecule has 0 saturated heterocycles. The summed E-state index contributed by atoms with van der Waals surface area (Å²) in [7, 11) is 0. The number of carbonyl (C=O) groups excluding carboxylic acids is 2. The molecule has 0 aliphatic heterocycles. The maximum Gasteiger partial charge on any atom is 0.251 e. The number of nitrogens with one attached hydrogen (secondary N) is 2. The van der Waals surface area contributed by atoms with Crippen LogP contribution in [-0.4, -0.2) is 29.4 Å². The SMILES string of the molecule is CC(NC(=O)c1ccc(C(C)(C)C)cc1)C(=O)NCCCc1nc2c(s1)CCCC2. The Morgan fingerprint density at radius 1 is 1.13 bits per heavy atom. The maximum absolute atomic E-state index is 12.4. The van der Waals surface area contributed by atoms with Crippen LogP contribution in [0.15, 0.2) is 24.3 Å². The van der Waals surface area contributed by atoms with E-state index in [0.29, 0.717) is 12.1 Å². The number of amides is 2. The lowest BCUT2D eigenvalue weighted by molar-refractivity contribution is -0.122. The number of aromatic nitrogens is 1. The summed E-state index contributed by atoms with van der Waals surface area (Å²) in [5.74, 6) is -0.389. The van der Waals surface area contributed by atoms with Crippen LogP contribution in [0.3, 0.4) is 0 Å². The second kappa shape index (κ2) is 9.73. The molecule has 30 heavy (non-hydrogen) atoms. The van der Waals surface area contributed by atoms with Crippen molar-refractivity contribution in [2.45, 2.75) is 77.7 Å². The van der Waals surface area contributed by atoms with Crippen LogP contribution in [0.2, 0.25) is 0 Å². The minimum atomic E-state index is -0.577. The second-order valence-electron chi connectivity index (χ2n) is 9.10. The van der Waals surface area contributed by atoms with Crippen LogP contribution in [0.1, 0.15) is 78.5 Å². The van der Waals surface area contributed by atoms with E-state index in [1.165, 1.54) is 40.4 Å². The van der Waals surface area contributed by atoms with E-state index in [1.807, 2.05) is 35.6 Å². The third-order valence-electron chi connectivity index (χ3n) is 5.51. The van der Waals surface area contributed by atoms with Gasteiger partial charge in [-0.2, -0.15) is 0 Å².